The first kappa shape index (κ1) is 73.8. The minimum Gasteiger partial charge on any atom is -0.462 e. The second-order valence-corrected chi connectivity index (χ2v) is 21.3. The maximum Gasteiger partial charge on any atom is 0.306 e. The third-order valence-electron chi connectivity index (χ3n) is 13.7. The van der Waals surface area contributed by atoms with Crippen molar-refractivity contribution in [3.8, 4) is 0 Å². The molecule has 0 saturated heterocycles. The zero-order valence-electron chi connectivity index (χ0n) is 50.9. The lowest BCUT2D eigenvalue weighted by molar-refractivity contribution is -0.167. The van der Waals surface area contributed by atoms with Crippen LogP contribution in [0.1, 0.15) is 297 Å². The molecule has 0 saturated carbocycles. The number of hydrogen-bond donors (Lipinski definition) is 0. The van der Waals surface area contributed by atoms with Crippen molar-refractivity contribution in [2.75, 3.05) is 13.2 Å². The molecule has 0 heterocycles. The van der Waals surface area contributed by atoms with Crippen molar-refractivity contribution >= 4 is 17.9 Å². The Kier molecular flexibility index (Phi) is 61.8. The minimum absolute atomic E-state index is 0.0944. The zero-order valence-corrected chi connectivity index (χ0v) is 50.9. The van der Waals surface area contributed by atoms with Gasteiger partial charge in [-0.1, -0.05) is 264 Å². The summed E-state index contributed by atoms with van der Waals surface area (Å²) in [6, 6.07) is 0. The van der Waals surface area contributed by atoms with Crippen LogP contribution in [0.5, 0.6) is 0 Å². The van der Waals surface area contributed by atoms with Crippen molar-refractivity contribution in [2.45, 2.75) is 303 Å². The molecule has 1 unspecified atom stereocenters. The summed E-state index contributed by atoms with van der Waals surface area (Å²) in [6.45, 7) is 6.48. The minimum atomic E-state index is -0.800. The summed E-state index contributed by atoms with van der Waals surface area (Å²) < 4.78 is 16.9. The van der Waals surface area contributed by atoms with E-state index in [1.165, 1.54) is 116 Å². The first-order chi connectivity index (χ1) is 38.5. The van der Waals surface area contributed by atoms with Crippen LogP contribution in [0.4, 0.5) is 0 Å². The van der Waals surface area contributed by atoms with Gasteiger partial charge in [0.05, 0.1) is 0 Å². The Morgan fingerprint density at radius 3 is 0.821 bits per heavy atom. The van der Waals surface area contributed by atoms with Crippen molar-refractivity contribution in [3.05, 3.63) is 122 Å². The monoisotopic (exact) mass is 1080 g/mol. The summed E-state index contributed by atoms with van der Waals surface area (Å²) in [5, 5.41) is 0. The first-order valence-corrected chi connectivity index (χ1v) is 32.5. The SMILES string of the molecule is CC/C=C\C/C=C\C/C=C\C/C=C\C/C=C\C/C=C\CCCCCCCCC(=O)OCC(COC(=O)CCCCCCC/C=C\CCCCCCCCC)OC(=O)CCCCCCCC/C=C\C/C=C\C/C=C\CCCCC. The van der Waals surface area contributed by atoms with E-state index in [0.717, 1.165) is 141 Å². The molecule has 0 aliphatic heterocycles. The lowest BCUT2D eigenvalue weighted by atomic mass is 10.1. The van der Waals surface area contributed by atoms with Gasteiger partial charge in [0, 0.05) is 19.3 Å². The number of carbonyl (C=O) groups excluding carboxylic acids is 3. The average Bonchev–Trinajstić information content (AvgIpc) is 3.44. The Morgan fingerprint density at radius 1 is 0.269 bits per heavy atom. The molecule has 0 rings (SSSR count). The van der Waals surface area contributed by atoms with Crippen LogP contribution in [-0.4, -0.2) is 37.2 Å². The molecule has 6 heteroatoms. The highest BCUT2D eigenvalue weighted by molar-refractivity contribution is 5.71. The Bertz CT molecular complexity index is 1620. The molecule has 0 N–H and O–H groups in total. The van der Waals surface area contributed by atoms with Gasteiger partial charge in [-0.15, -0.1) is 0 Å². The van der Waals surface area contributed by atoms with E-state index in [1.807, 2.05) is 0 Å². The summed E-state index contributed by atoms with van der Waals surface area (Å²) in [5.41, 5.74) is 0. The lowest BCUT2D eigenvalue weighted by Crippen LogP contribution is -2.30. The van der Waals surface area contributed by atoms with Gasteiger partial charge in [-0.05, 0) is 135 Å². The number of ether oxygens (including phenoxy) is 3. The largest absolute Gasteiger partial charge is 0.462 e. The van der Waals surface area contributed by atoms with E-state index in [-0.39, 0.29) is 31.1 Å². The standard InChI is InChI=1S/C72H120O6/c1-4-7-10-13-16-19-22-25-28-31-33-34-35-36-37-38-40-41-44-47-50-53-56-59-62-65-71(74)77-68-69(67-76-70(73)64-61-58-55-52-49-46-43-30-27-24-21-18-15-12-9-6-3)78-72(75)66-63-60-57-54-51-48-45-42-39-32-29-26-23-20-17-14-11-8-5-2/h7,10,16-17,19-20,25-26,28-30,33-34,36-37,39-43,69H,4-6,8-9,11-15,18,21-24,27,31-32,35,38,44-68H2,1-3H3/b10-7-,19-16-,20-17-,28-25-,29-26-,34-33-,37-36-,41-40-,42-39-,43-30-. The highest BCUT2D eigenvalue weighted by Gasteiger charge is 2.19. The van der Waals surface area contributed by atoms with E-state index in [9.17, 15) is 14.4 Å². The number of unbranched alkanes of at least 4 members (excludes halogenated alkanes) is 27. The molecular formula is C72H120O6. The highest BCUT2D eigenvalue weighted by Crippen LogP contribution is 2.15. The maximum atomic E-state index is 12.9. The molecule has 0 bridgehead atoms. The van der Waals surface area contributed by atoms with E-state index in [1.54, 1.807) is 0 Å². The molecular weight excluding hydrogens is 961 g/mol. The van der Waals surface area contributed by atoms with Crippen molar-refractivity contribution < 1.29 is 28.6 Å². The highest BCUT2D eigenvalue weighted by atomic mass is 16.6. The van der Waals surface area contributed by atoms with Gasteiger partial charge in [-0.2, -0.15) is 0 Å². The van der Waals surface area contributed by atoms with Gasteiger partial charge >= 0.3 is 17.9 Å². The smallest absolute Gasteiger partial charge is 0.306 e. The molecule has 444 valence electrons. The third kappa shape index (κ3) is 62.7. The second kappa shape index (κ2) is 65.3. The van der Waals surface area contributed by atoms with Gasteiger partial charge in [-0.25, -0.2) is 0 Å². The summed E-state index contributed by atoms with van der Waals surface area (Å²) >= 11 is 0. The molecule has 0 spiro atoms. The summed E-state index contributed by atoms with van der Waals surface area (Å²) in [6.07, 6.45) is 90.5. The Morgan fingerprint density at radius 2 is 0.500 bits per heavy atom. The molecule has 6 nitrogen and oxygen atoms in total. The van der Waals surface area contributed by atoms with Gasteiger partial charge in [0.15, 0.2) is 6.10 Å². The molecule has 0 amide bonds. The molecule has 78 heavy (non-hydrogen) atoms. The average molecular weight is 1080 g/mol. The summed E-state index contributed by atoms with van der Waals surface area (Å²) in [5.74, 6) is -0.924. The van der Waals surface area contributed by atoms with Crippen LogP contribution < -0.4 is 0 Å². The fraction of sp³-hybridized carbons (Fsp3) is 0.681. The molecule has 0 aromatic heterocycles. The Hall–Kier alpha value is -4.19. The van der Waals surface area contributed by atoms with Crippen LogP contribution in [0.2, 0.25) is 0 Å². The predicted octanol–water partition coefficient (Wildman–Crippen LogP) is 22.4. The molecule has 0 aromatic rings. The zero-order chi connectivity index (χ0) is 56.4. The van der Waals surface area contributed by atoms with Gasteiger partial charge in [0.2, 0.25) is 0 Å². The van der Waals surface area contributed by atoms with Crippen molar-refractivity contribution in [2.24, 2.45) is 0 Å². The van der Waals surface area contributed by atoms with Crippen LogP contribution in [0.3, 0.4) is 0 Å². The molecule has 0 fully saturated rings. The van der Waals surface area contributed by atoms with Crippen LogP contribution in [-0.2, 0) is 28.6 Å². The Labute approximate surface area is 482 Å². The second-order valence-electron chi connectivity index (χ2n) is 21.3. The normalized spacial score (nSPS) is 12.9. The molecule has 0 aliphatic carbocycles. The summed E-state index contributed by atoms with van der Waals surface area (Å²) in [4.78, 5) is 38.4. The predicted molar refractivity (Wildman–Crippen MR) is 339 cm³/mol. The number of rotatable bonds is 58. The lowest BCUT2D eigenvalue weighted by Gasteiger charge is -2.18. The van der Waals surface area contributed by atoms with E-state index in [0.29, 0.717) is 19.3 Å². The van der Waals surface area contributed by atoms with E-state index < -0.39 is 6.10 Å². The quantitative estimate of drug-likeness (QED) is 0.0261. The van der Waals surface area contributed by atoms with E-state index in [4.69, 9.17) is 14.2 Å². The van der Waals surface area contributed by atoms with E-state index >= 15 is 0 Å². The van der Waals surface area contributed by atoms with Crippen molar-refractivity contribution in [3.63, 3.8) is 0 Å². The van der Waals surface area contributed by atoms with Gasteiger partial charge < -0.3 is 14.2 Å². The topological polar surface area (TPSA) is 78.9 Å². The fourth-order valence-electron chi connectivity index (χ4n) is 8.80. The number of esters is 3. The van der Waals surface area contributed by atoms with Crippen molar-refractivity contribution in [1.29, 1.82) is 0 Å². The van der Waals surface area contributed by atoms with Crippen molar-refractivity contribution in [1.82, 2.24) is 0 Å². The van der Waals surface area contributed by atoms with Crippen LogP contribution in [0, 0.1) is 0 Å². The summed E-state index contributed by atoms with van der Waals surface area (Å²) in [7, 11) is 0. The van der Waals surface area contributed by atoms with Crippen LogP contribution in [0.25, 0.3) is 0 Å². The Balaban J connectivity index is 4.45. The van der Waals surface area contributed by atoms with E-state index in [2.05, 4.69) is 142 Å². The van der Waals surface area contributed by atoms with Gasteiger partial charge in [0.25, 0.3) is 0 Å². The number of carbonyl (C=O) groups is 3. The van der Waals surface area contributed by atoms with Crippen LogP contribution >= 0.6 is 0 Å². The number of hydrogen-bond acceptors (Lipinski definition) is 6. The molecule has 0 aliphatic rings. The molecule has 0 radical (unpaired) electrons. The molecule has 1 atom stereocenters. The first-order valence-electron chi connectivity index (χ1n) is 32.5. The number of allylic oxidation sites excluding steroid dienone is 20. The van der Waals surface area contributed by atoms with Gasteiger partial charge in [-0.3, -0.25) is 14.4 Å². The fourth-order valence-corrected chi connectivity index (χ4v) is 8.80. The maximum absolute atomic E-state index is 12.9. The van der Waals surface area contributed by atoms with Crippen LogP contribution in [0.15, 0.2) is 122 Å². The molecule has 0 aromatic carbocycles. The van der Waals surface area contributed by atoms with Gasteiger partial charge in [0.1, 0.15) is 13.2 Å². The third-order valence-corrected chi connectivity index (χ3v) is 13.7.